The lowest BCUT2D eigenvalue weighted by molar-refractivity contribution is -0.103. The van der Waals surface area contributed by atoms with Crippen LogP contribution in [0, 0.1) is 13.8 Å². The van der Waals surface area contributed by atoms with E-state index in [-0.39, 0.29) is 55.2 Å². The number of rotatable bonds is 10. The van der Waals surface area contributed by atoms with Crippen molar-refractivity contribution in [3.63, 3.8) is 0 Å². The molecule has 2 atom stereocenters. The Kier molecular flexibility index (Phi) is 10.1. The van der Waals surface area contributed by atoms with Crippen molar-refractivity contribution in [3.8, 4) is 11.5 Å². The number of hydrogen-bond donors (Lipinski definition) is 2. The van der Waals surface area contributed by atoms with Crippen LogP contribution in [0.15, 0.2) is 23.0 Å². The zero-order valence-corrected chi connectivity index (χ0v) is 27.4. The van der Waals surface area contributed by atoms with E-state index in [2.05, 4.69) is 33.9 Å². The zero-order valence-electron chi connectivity index (χ0n) is 27.4. The fourth-order valence-electron chi connectivity index (χ4n) is 7.18. The highest BCUT2D eigenvalue weighted by molar-refractivity contribution is 5.97. The molecule has 248 valence electrons. The average Bonchev–Trinajstić information content (AvgIpc) is 2.95. The van der Waals surface area contributed by atoms with Crippen molar-refractivity contribution in [1.29, 1.82) is 0 Å². The van der Waals surface area contributed by atoms with Gasteiger partial charge in [0.05, 0.1) is 31.4 Å². The molecule has 5 rings (SSSR count). The van der Waals surface area contributed by atoms with Crippen LogP contribution < -0.4 is 25.2 Å². The summed E-state index contributed by atoms with van der Waals surface area (Å²) in [6.07, 6.45) is 2.64. The van der Waals surface area contributed by atoms with Gasteiger partial charge in [0.25, 0.3) is 11.5 Å². The van der Waals surface area contributed by atoms with E-state index in [0.717, 1.165) is 37.2 Å². The van der Waals surface area contributed by atoms with Gasteiger partial charge in [-0.25, -0.2) is 8.78 Å². The lowest BCUT2D eigenvalue weighted by Gasteiger charge is -2.47. The van der Waals surface area contributed by atoms with Gasteiger partial charge in [-0.1, -0.05) is 0 Å². The third-order valence-electron chi connectivity index (χ3n) is 9.59. The van der Waals surface area contributed by atoms with E-state index >= 15 is 0 Å². The van der Waals surface area contributed by atoms with Gasteiger partial charge in [0.2, 0.25) is 5.92 Å². The number of amides is 1. The number of aromatic amines is 1. The van der Waals surface area contributed by atoms with E-state index in [1.807, 2.05) is 19.9 Å². The molecule has 0 bridgehead atoms. The van der Waals surface area contributed by atoms with Gasteiger partial charge in [0, 0.05) is 80.4 Å². The Bertz CT molecular complexity index is 1410. The molecular formula is C34H48F2N4O5. The van der Waals surface area contributed by atoms with Crippen molar-refractivity contribution in [3.05, 3.63) is 50.9 Å². The Morgan fingerprint density at radius 2 is 1.80 bits per heavy atom. The van der Waals surface area contributed by atoms with Gasteiger partial charge in [0.1, 0.15) is 17.6 Å². The topological polar surface area (TPSA) is 96.1 Å². The van der Waals surface area contributed by atoms with E-state index < -0.39 is 5.92 Å². The maximum Gasteiger partial charge on any atom is 0.256 e. The maximum absolute atomic E-state index is 14.1. The first-order valence-corrected chi connectivity index (χ1v) is 16.3. The number of anilines is 1. The number of benzene rings is 1. The lowest BCUT2D eigenvalue weighted by atomic mass is 9.87. The Labute approximate surface area is 264 Å². The van der Waals surface area contributed by atoms with Crippen LogP contribution in [0.2, 0.25) is 0 Å². The van der Waals surface area contributed by atoms with Gasteiger partial charge < -0.3 is 29.4 Å². The predicted molar refractivity (Wildman–Crippen MR) is 170 cm³/mol. The number of H-pyrrole nitrogens is 1. The van der Waals surface area contributed by atoms with E-state index in [9.17, 15) is 18.4 Å². The van der Waals surface area contributed by atoms with Gasteiger partial charge in [-0.2, -0.15) is 0 Å². The zero-order chi connectivity index (χ0) is 32.5. The molecule has 2 heterocycles. The number of carbonyl (C=O) groups excluding carboxylic acids is 1. The smallest absolute Gasteiger partial charge is 0.256 e. The molecule has 2 aromatic rings. The summed E-state index contributed by atoms with van der Waals surface area (Å²) in [5.74, 6) is -2.00. The largest absolute Gasteiger partial charge is 0.496 e. The molecule has 3 fully saturated rings. The van der Waals surface area contributed by atoms with Crippen molar-refractivity contribution < 1.29 is 27.8 Å². The Hall–Kier alpha value is -3.18. The summed E-state index contributed by atoms with van der Waals surface area (Å²) >= 11 is 0. The summed E-state index contributed by atoms with van der Waals surface area (Å²) in [6.45, 7) is 12.3. The fraction of sp³-hybridized carbons (Fsp3) is 0.647. The molecule has 3 aliphatic rings. The van der Waals surface area contributed by atoms with Crippen molar-refractivity contribution in [2.75, 3.05) is 31.6 Å². The normalized spacial score (nSPS) is 25.3. The number of ether oxygens (including phenoxy) is 3. The number of pyridine rings is 1. The van der Waals surface area contributed by atoms with Crippen LogP contribution in [-0.2, 0) is 11.3 Å². The van der Waals surface area contributed by atoms with Gasteiger partial charge in [0.15, 0.2) is 0 Å². The van der Waals surface area contributed by atoms with Crippen LogP contribution in [-0.4, -0.2) is 78.9 Å². The molecule has 1 aromatic carbocycles. The van der Waals surface area contributed by atoms with Crippen molar-refractivity contribution >= 4 is 11.6 Å². The lowest BCUT2D eigenvalue weighted by Crippen LogP contribution is -2.56. The highest BCUT2D eigenvalue weighted by Crippen LogP contribution is 2.40. The quantitative estimate of drug-likeness (QED) is 0.365. The average molecular weight is 631 g/mol. The number of morpholine rings is 1. The van der Waals surface area contributed by atoms with Crippen molar-refractivity contribution in [1.82, 2.24) is 15.2 Å². The molecular weight excluding hydrogens is 582 g/mol. The number of hydrogen-bond acceptors (Lipinski definition) is 7. The summed E-state index contributed by atoms with van der Waals surface area (Å²) < 4.78 is 45.9. The number of aromatic nitrogens is 1. The second-order valence-electron chi connectivity index (χ2n) is 13.1. The van der Waals surface area contributed by atoms with Crippen LogP contribution in [0.25, 0.3) is 0 Å². The van der Waals surface area contributed by atoms with Crippen molar-refractivity contribution in [2.24, 2.45) is 0 Å². The van der Waals surface area contributed by atoms with Gasteiger partial charge in [-0.3, -0.25) is 14.5 Å². The first-order valence-electron chi connectivity index (χ1n) is 16.3. The first-order chi connectivity index (χ1) is 21.4. The highest BCUT2D eigenvalue weighted by Gasteiger charge is 2.39. The molecule has 1 aliphatic heterocycles. The number of methoxy groups -OCH3 is 1. The van der Waals surface area contributed by atoms with Crippen LogP contribution in [0.5, 0.6) is 11.5 Å². The minimum Gasteiger partial charge on any atom is -0.496 e. The van der Waals surface area contributed by atoms with Gasteiger partial charge in [-0.15, -0.1) is 0 Å². The first kappa shape index (κ1) is 33.2. The molecule has 0 unspecified atom stereocenters. The molecule has 45 heavy (non-hydrogen) atoms. The molecule has 1 saturated heterocycles. The molecule has 2 aliphatic carbocycles. The summed E-state index contributed by atoms with van der Waals surface area (Å²) in [5.41, 5.74) is 2.65. The third-order valence-corrected chi connectivity index (χ3v) is 9.59. The molecule has 1 aromatic heterocycles. The minimum absolute atomic E-state index is 0.00810. The Morgan fingerprint density at radius 1 is 1.13 bits per heavy atom. The summed E-state index contributed by atoms with van der Waals surface area (Å²) in [5, 5.41) is 2.90. The van der Waals surface area contributed by atoms with E-state index in [1.54, 1.807) is 19.1 Å². The van der Waals surface area contributed by atoms with Gasteiger partial charge >= 0.3 is 0 Å². The van der Waals surface area contributed by atoms with E-state index in [4.69, 9.17) is 14.2 Å². The molecule has 2 N–H and O–H groups in total. The predicted octanol–water partition coefficient (Wildman–Crippen LogP) is 5.35. The molecule has 2 saturated carbocycles. The monoisotopic (exact) mass is 630 g/mol. The number of alkyl halides is 2. The SMILES string of the molecule is CCN(c1cc(O[C@H]2C[C@H](N3C[C@@H](C)O[C@@H](C)C3)C2)cc(C(=O)NCc2c(OC)cc(C)[nH]c2=O)c1C)C1CCC(F)(F)CC1. The molecule has 11 heteroatoms. The van der Waals surface area contributed by atoms with Gasteiger partial charge in [-0.05, 0) is 65.2 Å². The van der Waals surface area contributed by atoms with Crippen LogP contribution in [0.4, 0.5) is 14.5 Å². The minimum atomic E-state index is -2.63. The summed E-state index contributed by atoms with van der Waals surface area (Å²) in [7, 11) is 1.49. The van der Waals surface area contributed by atoms with E-state index in [1.165, 1.54) is 7.11 Å². The summed E-state index contributed by atoms with van der Waals surface area (Å²) in [6, 6.07) is 5.81. The standard InChI is InChI=1S/C34H48F2N4O5/c1-7-40(24-8-10-34(35,36)11-9-24)30-16-27(45-26-13-25(14-26)39-18-21(3)44-22(4)19-39)15-28(23(30)5)32(41)37-17-29-31(43-6)12-20(2)38-33(29)42/h12,15-16,21-22,24-26H,7-11,13-14,17-19H2,1-6H3,(H,37,41)(H,38,42)/t21-,22+,25-,26-. The third kappa shape index (κ3) is 7.62. The maximum atomic E-state index is 14.1. The van der Waals surface area contributed by atoms with Crippen LogP contribution in [0.1, 0.15) is 86.5 Å². The summed E-state index contributed by atoms with van der Waals surface area (Å²) in [4.78, 5) is 33.8. The van der Waals surface area contributed by atoms with Crippen molar-refractivity contribution in [2.45, 2.75) is 116 Å². The second-order valence-corrected chi connectivity index (χ2v) is 13.1. The number of halogens is 2. The molecule has 0 radical (unpaired) electrons. The Balaban J connectivity index is 1.38. The molecule has 0 spiro atoms. The van der Waals surface area contributed by atoms with Crippen LogP contribution >= 0.6 is 0 Å². The number of aryl methyl sites for hydroxylation is 1. The molecule has 1 amide bonds. The number of carbonyl (C=O) groups is 1. The van der Waals surface area contributed by atoms with E-state index in [0.29, 0.717) is 53.7 Å². The number of nitrogens with zero attached hydrogens (tertiary/aromatic N) is 2. The Morgan fingerprint density at radius 3 is 2.42 bits per heavy atom. The second kappa shape index (κ2) is 13.7. The fourth-order valence-corrected chi connectivity index (χ4v) is 7.18. The number of nitrogens with one attached hydrogen (secondary N) is 2. The van der Waals surface area contributed by atoms with Crippen LogP contribution in [0.3, 0.4) is 0 Å². The highest BCUT2D eigenvalue weighted by atomic mass is 19.3. The molecule has 9 nitrogen and oxygen atoms in total.